The Hall–Kier alpha value is -3.08. The van der Waals surface area contributed by atoms with E-state index in [0.717, 1.165) is 16.7 Å². The lowest BCUT2D eigenvalue weighted by molar-refractivity contribution is 0.0746. The van der Waals surface area contributed by atoms with Gasteiger partial charge in [0, 0.05) is 18.5 Å². The Labute approximate surface area is 145 Å². The maximum Gasteiger partial charge on any atom is 0.270 e. The van der Waals surface area contributed by atoms with Crippen molar-refractivity contribution in [3.8, 4) is 5.75 Å². The molecule has 0 atom stereocenters. The number of hydrogen-bond donors (Lipinski definition) is 1. The number of hydrogen-bond acceptors (Lipinski definition) is 3. The summed E-state index contributed by atoms with van der Waals surface area (Å²) in [6.45, 7) is 2.93. The lowest BCUT2D eigenvalue weighted by Gasteiger charge is -2.21. The quantitative estimate of drug-likeness (QED) is 0.778. The fourth-order valence-electron chi connectivity index (χ4n) is 2.77. The number of benzene rings is 2. The van der Waals surface area contributed by atoms with Gasteiger partial charge in [-0.3, -0.25) is 9.59 Å². The summed E-state index contributed by atoms with van der Waals surface area (Å²) in [5.74, 6) is 0.582. The molecule has 0 radical (unpaired) electrons. The van der Waals surface area contributed by atoms with Crippen LogP contribution in [0, 0.1) is 0 Å². The number of H-pyrrole nitrogens is 1. The molecule has 128 valence electrons. The molecule has 1 amide bonds. The Morgan fingerprint density at radius 1 is 1.12 bits per heavy atom. The van der Waals surface area contributed by atoms with Crippen molar-refractivity contribution in [3.05, 3.63) is 76.2 Å². The van der Waals surface area contributed by atoms with E-state index in [1.54, 1.807) is 30.2 Å². The number of carbonyl (C=O) groups excluding carboxylic acids is 1. The Kier molecular flexibility index (Phi) is 4.84. The molecule has 0 aliphatic carbocycles. The minimum Gasteiger partial charge on any atom is -0.497 e. The fourth-order valence-corrected chi connectivity index (χ4v) is 2.77. The second-order valence-electron chi connectivity index (χ2n) is 5.77. The van der Waals surface area contributed by atoms with Gasteiger partial charge in [-0.1, -0.05) is 30.3 Å². The van der Waals surface area contributed by atoms with Gasteiger partial charge in [-0.15, -0.1) is 0 Å². The topological polar surface area (TPSA) is 62.4 Å². The normalized spacial score (nSPS) is 10.6. The molecule has 0 unspecified atom stereocenters. The molecule has 3 aromatic rings. The zero-order chi connectivity index (χ0) is 17.8. The highest BCUT2D eigenvalue weighted by Gasteiger charge is 2.16. The molecule has 25 heavy (non-hydrogen) atoms. The lowest BCUT2D eigenvalue weighted by Crippen LogP contribution is -2.32. The molecule has 1 N–H and O–H groups in total. The molecular weight excluding hydrogens is 316 g/mol. The molecule has 2 aromatic carbocycles. The molecule has 0 fully saturated rings. The van der Waals surface area contributed by atoms with Crippen LogP contribution in [0.4, 0.5) is 0 Å². The lowest BCUT2D eigenvalue weighted by atomic mass is 10.1. The van der Waals surface area contributed by atoms with Gasteiger partial charge >= 0.3 is 0 Å². The first kappa shape index (κ1) is 16.8. The van der Waals surface area contributed by atoms with Crippen molar-refractivity contribution < 1.29 is 9.53 Å². The van der Waals surface area contributed by atoms with Crippen LogP contribution in [0.5, 0.6) is 5.75 Å². The number of amides is 1. The number of aromatic nitrogens is 1. The van der Waals surface area contributed by atoms with E-state index in [4.69, 9.17) is 4.74 Å². The number of pyridine rings is 1. The summed E-state index contributed by atoms with van der Waals surface area (Å²) in [6.07, 6.45) is 0. The average Bonchev–Trinajstić information content (AvgIpc) is 2.66. The van der Waals surface area contributed by atoms with E-state index < -0.39 is 0 Å². The van der Waals surface area contributed by atoms with Gasteiger partial charge in [-0.05, 0) is 42.1 Å². The summed E-state index contributed by atoms with van der Waals surface area (Å²) in [6, 6.07) is 16.6. The van der Waals surface area contributed by atoms with Gasteiger partial charge in [0.15, 0.2) is 0 Å². The average molecular weight is 336 g/mol. The van der Waals surface area contributed by atoms with E-state index in [2.05, 4.69) is 4.98 Å². The molecule has 0 aliphatic rings. The van der Waals surface area contributed by atoms with Crippen LogP contribution < -0.4 is 10.3 Å². The van der Waals surface area contributed by atoms with E-state index in [9.17, 15) is 9.59 Å². The van der Waals surface area contributed by atoms with Gasteiger partial charge < -0.3 is 14.6 Å². The summed E-state index contributed by atoms with van der Waals surface area (Å²) in [5, 5.41) is 1.34. The molecular formula is C20H20N2O3. The first-order valence-corrected chi connectivity index (χ1v) is 8.16. The second kappa shape index (κ2) is 7.21. The van der Waals surface area contributed by atoms with Crippen LogP contribution in [0.2, 0.25) is 0 Å². The van der Waals surface area contributed by atoms with E-state index in [1.807, 2.05) is 43.3 Å². The maximum absolute atomic E-state index is 12.8. The molecule has 5 heteroatoms. The van der Waals surface area contributed by atoms with Gasteiger partial charge in [0.25, 0.3) is 11.5 Å². The van der Waals surface area contributed by atoms with E-state index in [-0.39, 0.29) is 11.5 Å². The van der Waals surface area contributed by atoms with E-state index in [0.29, 0.717) is 24.2 Å². The minimum absolute atomic E-state index is 0.193. The molecule has 1 heterocycles. The molecule has 0 bridgehead atoms. The van der Waals surface area contributed by atoms with Crippen LogP contribution in [-0.4, -0.2) is 29.4 Å². The SMILES string of the molecule is CCN(Cc1ccc(OC)cc1)C(=O)c1cc2ccccc2c(=O)[nH]1. The first-order chi connectivity index (χ1) is 12.1. The number of aromatic amines is 1. The number of nitrogens with zero attached hydrogens (tertiary/aromatic N) is 1. The maximum atomic E-state index is 12.8. The van der Waals surface area contributed by atoms with Gasteiger partial charge in [0.1, 0.15) is 11.4 Å². The van der Waals surface area contributed by atoms with Crippen LogP contribution in [0.25, 0.3) is 10.8 Å². The third-order valence-electron chi connectivity index (χ3n) is 4.19. The van der Waals surface area contributed by atoms with Crippen molar-refractivity contribution in [1.29, 1.82) is 0 Å². The number of rotatable bonds is 5. The summed E-state index contributed by atoms with van der Waals surface area (Å²) in [4.78, 5) is 29.4. The van der Waals surface area contributed by atoms with E-state index in [1.165, 1.54) is 0 Å². The van der Waals surface area contributed by atoms with Crippen LogP contribution in [0.3, 0.4) is 0 Å². The molecule has 5 nitrogen and oxygen atoms in total. The highest BCUT2D eigenvalue weighted by atomic mass is 16.5. The van der Waals surface area contributed by atoms with Crippen molar-refractivity contribution in [2.45, 2.75) is 13.5 Å². The van der Waals surface area contributed by atoms with Gasteiger partial charge in [0.05, 0.1) is 7.11 Å². The van der Waals surface area contributed by atoms with E-state index >= 15 is 0 Å². The zero-order valence-electron chi connectivity index (χ0n) is 14.3. The van der Waals surface area contributed by atoms with Gasteiger partial charge in [-0.25, -0.2) is 0 Å². The fraction of sp³-hybridized carbons (Fsp3) is 0.200. The number of ether oxygens (including phenoxy) is 1. The molecule has 3 rings (SSSR count). The summed E-state index contributed by atoms with van der Waals surface area (Å²) >= 11 is 0. The zero-order valence-corrected chi connectivity index (χ0v) is 14.3. The number of fused-ring (bicyclic) bond motifs is 1. The van der Waals surface area contributed by atoms with Crippen LogP contribution >= 0.6 is 0 Å². The van der Waals surface area contributed by atoms with Crippen LogP contribution in [0.15, 0.2) is 59.4 Å². The molecule has 0 saturated carbocycles. The van der Waals surface area contributed by atoms with Crippen molar-refractivity contribution >= 4 is 16.7 Å². The standard InChI is InChI=1S/C20H20N2O3/c1-3-22(13-14-8-10-16(25-2)11-9-14)20(24)18-12-15-6-4-5-7-17(15)19(23)21-18/h4-12H,3,13H2,1-2H3,(H,21,23). The third-order valence-corrected chi connectivity index (χ3v) is 4.19. The number of methoxy groups -OCH3 is 1. The minimum atomic E-state index is -0.248. The van der Waals surface area contributed by atoms with Crippen LogP contribution in [-0.2, 0) is 6.54 Å². The molecule has 1 aromatic heterocycles. The van der Waals surface area contributed by atoms with Crippen molar-refractivity contribution in [2.75, 3.05) is 13.7 Å². The summed E-state index contributed by atoms with van der Waals surface area (Å²) in [5.41, 5.74) is 1.06. The predicted octanol–water partition coefficient (Wildman–Crippen LogP) is 3.20. The summed E-state index contributed by atoms with van der Waals surface area (Å²) in [7, 11) is 1.62. The predicted molar refractivity (Wildman–Crippen MR) is 98.0 cm³/mol. The monoisotopic (exact) mass is 336 g/mol. The highest BCUT2D eigenvalue weighted by molar-refractivity contribution is 5.96. The Balaban J connectivity index is 1.87. The Morgan fingerprint density at radius 3 is 2.52 bits per heavy atom. The summed E-state index contributed by atoms with van der Waals surface area (Å²) < 4.78 is 5.15. The van der Waals surface area contributed by atoms with Crippen molar-refractivity contribution in [3.63, 3.8) is 0 Å². The third kappa shape index (κ3) is 3.55. The Morgan fingerprint density at radius 2 is 1.84 bits per heavy atom. The van der Waals surface area contributed by atoms with Gasteiger partial charge in [-0.2, -0.15) is 0 Å². The smallest absolute Gasteiger partial charge is 0.270 e. The first-order valence-electron chi connectivity index (χ1n) is 8.16. The molecule has 0 aliphatic heterocycles. The Bertz CT molecular complexity index is 945. The van der Waals surface area contributed by atoms with Crippen molar-refractivity contribution in [2.24, 2.45) is 0 Å². The number of nitrogens with one attached hydrogen (secondary N) is 1. The van der Waals surface area contributed by atoms with Crippen molar-refractivity contribution in [1.82, 2.24) is 9.88 Å². The molecule has 0 spiro atoms. The molecule has 0 saturated heterocycles. The van der Waals surface area contributed by atoms with Crippen LogP contribution in [0.1, 0.15) is 23.0 Å². The second-order valence-corrected chi connectivity index (χ2v) is 5.77. The van der Waals surface area contributed by atoms with Gasteiger partial charge in [0.2, 0.25) is 0 Å². The highest BCUT2D eigenvalue weighted by Crippen LogP contribution is 2.15. The number of carbonyl (C=O) groups is 1. The largest absolute Gasteiger partial charge is 0.497 e.